The van der Waals surface area contributed by atoms with Crippen LogP contribution >= 0.6 is 11.6 Å². The molecule has 0 saturated heterocycles. The normalized spacial score (nSPS) is 12.0. The zero-order valence-electron chi connectivity index (χ0n) is 13.3. The molecule has 5 nitrogen and oxygen atoms in total. The van der Waals surface area contributed by atoms with Crippen LogP contribution in [0, 0.1) is 5.41 Å². The van der Waals surface area contributed by atoms with Crippen LogP contribution in [0.3, 0.4) is 0 Å². The van der Waals surface area contributed by atoms with Crippen molar-refractivity contribution >= 4 is 35.0 Å². The number of ketones is 1. The first kappa shape index (κ1) is 18.2. The number of hydrogen-bond donors (Lipinski definition) is 1. The Labute approximate surface area is 135 Å². The largest absolute Gasteiger partial charge is 0.481 e. The Morgan fingerprint density at radius 1 is 1.23 bits per heavy atom. The molecule has 1 N–H and O–H groups in total. The van der Waals surface area contributed by atoms with E-state index in [-0.39, 0.29) is 18.1 Å². The van der Waals surface area contributed by atoms with E-state index >= 15 is 0 Å². The Bertz CT molecular complexity index is 560. The Hall–Kier alpha value is -1.88. The quantitative estimate of drug-likeness (QED) is 0.662. The molecule has 0 radical (unpaired) electrons. The highest BCUT2D eigenvalue weighted by molar-refractivity contribution is 6.30. The summed E-state index contributed by atoms with van der Waals surface area (Å²) in [4.78, 5) is 27.7. The molecule has 0 bridgehead atoms. The van der Waals surface area contributed by atoms with Gasteiger partial charge in [-0.3, -0.25) is 4.79 Å². The molecule has 6 heteroatoms. The summed E-state index contributed by atoms with van der Waals surface area (Å²) in [6, 6.07) is 6.06. The van der Waals surface area contributed by atoms with Crippen LogP contribution in [-0.4, -0.2) is 24.3 Å². The second-order valence-corrected chi connectivity index (χ2v) is 6.16. The predicted molar refractivity (Wildman–Crippen MR) is 88.6 cm³/mol. The summed E-state index contributed by atoms with van der Waals surface area (Å²) in [6.07, 6.45) is -0.00855. The molecule has 22 heavy (non-hydrogen) atoms. The highest BCUT2D eigenvalue weighted by atomic mass is 35.5. The van der Waals surface area contributed by atoms with Gasteiger partial charge in [-0.2, -0.15) is 4.99 Å². The van der Waals surface area contributed by atoms with E-state index in [9.17, 15) is 9.59 Å². The van der Waals surface area contributed by atoms with E-state index in [0.717, 1.165) is 0 Å². The number of carbonyl (C=O) groups is 2. The molecule has 0 aliphatic heterocycles. The van der Waals surface area contributed by atoms with Gasteiger partial charge in [-0.1, -0.05) is 32.4 Å². The summed E-state index contributed by atoms with van der Waals surface area (Å²) in [6.45, 7) is 7.55. The predicted octanol–water partition coefficient (Wildman–Crippen LogP) is 4.31. The molecule has 0 fully saturated rings. The molecule has 0 unspecified atom stereocenters. The number of rotatable bonds is 4. The number of aliphatic imine (C=N–C) groups is 1. The van der Waals surface area contributed by atoms with Crippen molar-refractivity contribution in [3.8, 4) is 0 Å². The number of urea groups is 1. The summed E-state index contributed by atoms with van der Waals surface area (Å²) >= 11 is 5.78. The van der Waals surface area contributed by atoms with Gasteiger partial charge in [-0.05, 0) is 31.2 Å². The van der Waals surface area contributed by atoms with Crippen molar-refractivity contribution in [2.75, 3.05) is 11.9 Å². The fourth-order valence-electron chi connectivity index (χ4n) is 1.49. The first-order chi connectivity index (χ1) is 10.2. The van der Waals surface area contributed by atoms with Crippen molar-refractivity contribution in [2.45, 2.75) is 34.1 Å². The fourth-order valence-corrected chi connectivity index (χ4v) is 1.62. The van der Waals surface area contributed by atoms with E-state index in [0.29, 0.717) is 17.3 Å². The molecule has 1 aromatic rings. The van der Waals surface area contributed by atoms with E-state index < -0.39 is 11.4 Å². The van der Waals surface area contributed by atoms with Gasteiger partial charge in [0.25, 0.3) is 0 Å². The standard InChI is InChI=1S/C16H21ClN2O3/c1-5-22-14(10-13(20)16(2,3)4)19-15(21)18-12-8-6-11(17)7-9-12/h6-9H,5,10H2,1-4H3,(H,18,21)/b19-14+. The smallest absolute Gasteiger partial charge is 0.348 e. The molecule has 0 heterocycles. The molecule has 0 aromatic heterocycles. The van der Waals surface area contributed by atoms with Gasteiger partial charge in [-0.15, -0.1) is 0 Å². The van der Waals surface area contributed by atoms with E-state index in [4.69, 9.17) is 16.3 Å². The summed E-state index contributed by atoms with van der Waals surface area (Å²) < 4.78 is 5.28. The Balaban J connectivity index is 2.77. The third-order valence-electron chi connectivity index (χ3n) is 2.78. The molecule has 0 saturated carbocycles. The number of anilines is 1. The lowest BCUT2D eigenvalue weighted by Crippen LogP contribution is -2.25. The molecule has 0 aliphatic carbocycles. The number of benzene rings is 1. The van der Waals surface area contributed by atoms with Crippen molar-refractivity contribution in [2.24, 2.45) is 10.4 Å². The van der Waals surface area contributed by atoms with Gasteiger partial charge < -0.3 is 10.1 Å². The zero-order valence-corrected chi connectivity index (χ0v) is 14.0. The minimum Gasteiger partial charge on any atom is -0.481 e. The van der Waals surface area contributed by atoms with Gasteiger partial charge in [0, 0.05) is 16.1 Å². The highest BCUT2D eigenvalue weighted by Crippen LogP contribution is 2.18. The maximum atomic E-state index is 12.0. The molecular weight excluding hydrogens is 304 g/mol. The summed E-state index contributed by atoms with van der Waals surface area (Å²) in [5.74, 6) is 0.0767. The van der Waals surface area contributed by atoms with Crippen LogP contribution in [0.5, 0.6) is 0 Å². The fraction of sp³-hybridized carbons (Fsp3) is 0.438. The van der Waals surface area contributed by atoms with Crippen LogP contribution in [0.15, 0.2) is 29.3 Å². The first-order valence-electron chi connectivity index (χ1n) is 7.02. The average Bonchev–Trinajstić information content (AvgIpc) is 2.40. The van der Waals surface area contributed by atoms with Gasteiger partial charge in [0.1, 0.15) is 5.78 Å². The van der Waals surface area contributed by atoms with Crippen LogP contribution in [-0.2, 0) is 9.53 Å². The van der Waals surface area contributed by atoms with Gasteiger partial charge in [-0.25, -0.2) is 4.79 Å². The molecule has 0 atom stereocenters. The number of hydrogen-bond acceptors (Lipinski definition) is 3. The number of halogens is 1. The van der Waals surface area contributed by atoms with E-state index in [1.54, 1.807) is 31.2 Å². The maximum Gasteiger partial charge on any atom is 0.348 e. The number of nitrogens with one attached hydrogen (secondary N) is 1. The molecular formula is C16H21ClN2O3. The lowest BCUT2D eigenvalue weighted by molar-refractivity contribution is -0.125. The van der Waals surface area contributed by atoms with Crippen molar-refractivity contribution in [3.63, 3.8) is 0 Å². The van der Waals surface area contributed by atoms with Crippen LogP contribution in [0.2, 0.25) is 5.02 Å². The number of amides is 2. The van der Waals surface area contributed by atoms with E-state index in [2.05, 4.69) is 10.3 Å². The van der Waals surface area contributed by atoms with Gasteiger partial charge in [0.05, 0.1) is 13.0 Å². The Morgan fingerprint density at radius 3 is 2.32 bits per heavy atom. The summed E-state index contributed by atoms with van der Waals surface area (Å²) in [5, 5.41) is 3.17. The lowest BCUT2D eigenvalue weighted by Gasteiger charge is -2.17. The minimum atomic E-state index is -0.590. The Morgan fingerprint density at radius 2 is 1.82 bits per heavy atom. The molecule has 0 aliphatic rings. The van der Waals surface area contributed by atoms with Gasteiger partial charge >= 0.3 is 6.03 Å². The lowest BCUT2D eigenvalue weighted by atomic mass is 9.89. The van der Waals surface area contributed by atoms with Crippen molar-refractivity contribution < 1.29 is 14.3 Å². The SMILES string of the molecule is CCO/C(CC(=O)C(C)(C)C)=N/C(=O)Nc1ccc(Cl)cc1. The number of Topliss-reactive ketones (excluding diaryl/α,β-unsaturated/α-hetero) is 1. The molecule has 1 aromatic carbocycles. The summed E-state index contributed by atoms with van der Waals surface area (Å²) in [5.41, 5.74) is 0.0565. The Kier molecular flexibility index (Phi) is 6.56. The second-order valence-electron chi connectivity index (χ2n) is 5.73. The van der Waals surface area contributed by atoms with Crippen LogP contribution in [0.1, 0.15) is 34.1 Å². The van der Waals surface area contributed by atoms with Crippen molar-refractivity contribution in [1.29, 1.82) is 0 Å². The third kappa shape index (κ3) is 6.26. The topological polar surface area (TPSA) is 67.8 Å². The summed E-state index contributed by atoms with van der Waals surface area (Å²) in [7, 11) is 0. The molecule has 120 valence electrons. The van der Waals surface area contributed by atoms with E-state index in [1.807, 2.05) is 20.8 Å². The second kappa shape index (κ2) is 7.94. The van der Waals surface area contributed by atoms with E-state index in [1.165, 1.54) is 0 Å². The molecule has 1 rings (SSSR count). The minimum absolute atomic E-state index is 0.00855. The first-order valence-corrected chi connectivity index (χ1v) is 7.40. The van der Waals surface area contributed by atoms with Gasteiger partial charge in [0.2, 0.25) is 5.90 Å². The number of ether oxygens (including phenoxy) is 1. The average molecular weight is 325 g/mol. The van der Waals surface area contributed by atoms with Crippen LogP contribution < -0.4 is 5.32 Å². The molecule has 2 amide bonds. The number of carbonyl (C=O) groups excluding carboxylic acids is 2. The highest BCUT2D eigenvalue weighted by Gasteiger charge is 2.23. The maximum absolute atomic E-state index is 12.0. The van der Waals surface area contributed by atoms with Crippen LogP contribution in [0.25, 0.3) is 0 Å². The van der Waals surface area contributed by atoms with Crippen LogP contribution in [0.4, 0.5) is 10.5 Å². The monoisotopic (exact) mass is 324 g/mol. The van der Waals surface area contributed by atoms with Gasteiger partial charge in [0.15, 0.2) is 0 Å². The zero-order chi connectivity index (χ0) is 16.8. The van der Waals surface area contributed by atoms with Crippen molar-refractivity contribution in [1.82, 2.24) is 0 Å². The van der Waals surface area contributed by atoms with Crippen molar-refractivity contribution in [3.05, 3.63) is 29.3 Å². The molecule has 0 spiro atoms. The third-order valence-corrected chi connectivity index (χ3v) is 3.03. The number of nitrogens with zero attached hydrogens (tertiary/aromatic N) is 1.